The van der Waals surface area contributed by atoms with Gasteiger partial charge in [-0.15, -0.1) is 0 Å². The maximum atomic E-state index is 12.3. The van der Waals surface area contributed by atoms with Crippen molar-refractivity contribution in [2.24, 2.45) is 5.73 Å². The summed E-state index contributed by atoms with van der Waals surface area (Å²) in [5, 5.41) is 9.42. The van der Waals surface area contributed by atoms with Crippen LogP contribution in [0.15, 0.2) is 24.3 Å². The summed E-state index contributed by atoms with van der Waals surface area (Å²) in [5.74, 6) is 0.372. The third-order valence-corrected chi connectivity index (χ3v) is 3.70. The molecule has 1 amide bonds. The summed E-state index contributed by atoms with van der Waals surface area (Å²) in [6.45, 7) is 1.54. The number of amides is 1. The number of rotatable bonds is 5. The maximum absolute atomic E-state index is 12.3. The zero-order valence-corrected chi connectivity index (χ0v) is 11.2. The molecule has 1 fully saturated rings. The van der Waals surface area contributed by atoms with Crippen LogP contribution >= 0.6 is 0 Å². The Balaban J connectivity index is 1.95. The van der Waals surface area contributed by atoms with Gasteiger partial charge in [0, 0.05) is 12.6 Å². The van der Waals surface area contributed by atoms with E-state index in [2.05, 4.69) is 0 Å². The minimum atomic E-state index is 0.158. The van der Waals surface area contributed by atoms with Gasteiger partial charge in [-0.2, -0.15) is 0 Å². The van der Waals surface area contributed by atoms with Crippen molar-refractivity contribution in [3.8, 4) is 5.75 Å². The van der Waals surface area contributed by atoms with Crippen molar-refractivity contribution >= 4 is 5.91 Å². The Morgan fingerprint density at radius 1 is 1.47 bits per heavy atom. The molecule has 1 aromatic rings. The fourth-order valence-corrected chi connectivity index (χ4v) is 2.76. The first kappa shape index (κ1) is 13.9. The largest absolute Gasteiger partial charge is 0.508 e. The van der Waals surface area contributed by atoms with Gasteiger partial charge in [0.15, 0.2) is 0 Å². The average Bonchev–Trinajstić information content (AvgIpc) is 2.84. The molecule has 0 aliphatic carbocycles. The Hall–Kier alpha value is -1.55. The van der Waals surface area contributed by atoms with E-state index in [0.717, 1.165) is 37.8 Å². The van der Waals surface area contributed by atoms with Crippen molar-refractivity contribution in [2.45, 2.75) is 38.1 Å². The van der Waals surface area contributed by atoms with E-state index in [4.69, 9.17) is 5.73 Å². The second kappa shape index (κ2) is 6.57. The Bertz CT molecular complexity index is 434. The zero-order valence-electron chi connectivity index (χ0n) is 11.2. The minimum Gasteiger partial charge on any atom is -0.508 e. The molecule has 1 heterocycles. The van der Waals surface area contributed by atoms with Crippen LogP contribution < -0.4 is 5.73 Å². The van der Waals surface area contributed by atoms with Gasteiger partial charge in [0.2, 0.25) is 5.91 Å². The Kier molecular flexibility index (Phi) is 4.80. The third-order valence-electron chi connectivity index (χ3n) is 3.70. The molecule has 3 N–H and O–H groups in total. The van der Waals surface area contributed by atoms with E-state index in [1.54, 1.807) is 18.2 Å². The van der Waals surface area contributed by atoms with Crippen LogP contribution in [0.3, 0.4) is 0 Å². The summed E-state index contributed by atoms with van der Waals surface area (Å²) in [5.41, 5.74) is 6.41. The third kappa shape index (κ3) is 3.70. The number of aromatic hydroxyl groups is 1. The predicted octanol–water partition coefficient (Wildman–Crippen LogP) is 1.66. The van der Waals surface area contributed by atoms with Gasteiger partial charge >= 0.3 is 0 Å². The van der Waals surface area contributed by atoms with Crippen molar-refractivity contribution in [3.63, 3.8) is 0 Å². The van der Waals surface area contributed by atoms with E-state index < -0.39 is 0 Å². The van der Waals surface area contributed by atoms with Crippen LogP contribution in [0.4, 0.5) is 0 Å². The summed E-state index contributed by atoms with van der Waals surface area (Å²) >= 11 is 0. The van der Waals surface area contributed by atoms with Crippen LogP contribution in [-0.4, -0.2) is 35.0 Å². The lowest BCUT2D eigenvalue weighted by Crippen LogP contribution is -2.36. The maximum Gasteiger partial charge on any atom is 0.227 e. The lowest BCUT2D eigenvalue weighted by Gasteiger charge is -2.24. The number of hydrogen-bond donors (Lipinski definition) is 2. The van der Waals surface area contributed by atoms with E-state index in [1.165, 1.54) is 0 Å². The van der Waals surface area contributed by atoms with Gasteiger partial charge in [-0.05, 0) is 49.9 Å². The summed E-state index contributed by atoms with van der Waals surface area (Å²) in [6, 6.07) is 7.28. The van der Waals surface area contributed by atoms with Gasteiger partial charge in [0.25, 0.3) is 0 Å². The summed E-state index contributed by atoms with van der Waals surface area (Å²) < 4.78 is 0. The van der Waals surface area contributed by atoms with Crippen LogP contribution in [0.5, 0.6) is 5.75 Å². The molecule has 1 aliphatic heterocycles. The quantitative estimate of drug-likeness (QED) is 0.848. The number of carbonyl (C=O) groups excluding carboxylic acids is 1. The van der Waals surface area contributed by atoms with Crippen molar-refractivity contribution < 1.29 is 9.90 Å². The molecule has 1 aliphatic rings. The monoisotopic (exact) mass is 262 g/mol. The van der Waals surface area contributed by atoms with Gasteiger partial charge in [0.1, 0.15) is 5.75 Å². The number of nitrogens with two attached hydrogens (primary N) is 1. The Morgan fingerprint density at radius 2 is 2.32 bits per heavy atom. The highest BCUT2D eigenvalue weighted by Crippen LogP contribution is 2.22. The van der Waals surface area contributed by atoms with E-state index in [-0.39, 0.29) is 11.7 Å². The number of benzene rings is 1. The molecule has 104 valence electrons. The first-order chi connectivity index (χ1) is 9.20. The molecule has 0 bridgehead atoms. The lowest BCUT2D eigenvalue weighted by atomic mass is 10.1. The van der Waals surface area contributed by atoms with Crippen molar-refractivity contribution in [1.29, 1.82) is 0 Å². The molecule has 4 nitrogen and oxygen atoms in total. The van der Waals surface area contributed by atoms with Crippen LogP contribution in [0, 0.1) is 0 Å². The van der Waals surface area contributed by atoms with E-state index >= 15 is 0 Å². The molecule has 1 aromatic carbocycles. The number of carbonyl (C=O) groups is 1. The Labute approximate surface area is 114 Å². The molecule has 4 heteroatoms. The number of phenols is 1. The number of phenolic OH excluding ortho intramolecular Hbond substituents is 1. The molecular weight excluding hydrogens is 240 g/mol. The van der Waals surface area contributed by atoms with Gasteiger partial charge in [-0.1, -0.05) is 12.1 Å². The second-order valence-electron chi connectivity index (χ2n) is 5.16. The highest BCUT2D eigenvalue weighted by atomic mass is 16.3. The van der Waals surface area contributed by atoms with Crippen LogP contribution in [0.2, 0.25) is 0 Å². The van der Waals surface area contributed by atoms with Crippen molar-refractivity contribution in [2.75, 3.05) is 13.1 Å². The zero-order chi connectivity index (χ0) is 13.7. The fourth-order valence-electron chi connectivity index (χ4n) is 2.76. The van der Waals surface area contributed by atoms with E-state index in [0.29, 0.717) is 19.0 Å². The summed E-state index contributed by atoms with van der Waals surface area (Å²) in [7, 11) is 0. The number of nitrogens with zero attached hydrogens (tertiary/aromatic N) is 1. The average molecular weight is 262 g/mol. The highest BCUT2D eigenvalue weighted by molar-refractivity contribution is 5.79. The Morgan fingerprint density at radius 3 is 3.05 bits per heavy atom. The summed E-state index contributed by atoms with van der Waals surface area (Å²) in [4.78, 5) is 14.3. The number of likely N-dealkylation sites (tertiary alicyclic amines) is 1. The van der Waals surface area contributed by atoms with E-state index in [1.807, 2.05) is 11.0 Å². The highest BCUT2D eigenvalue weighted by Gasteiger charge is 2.27. The smallest absolute Gasteiger partial charge is 0.227 e. The first-order valence-electron chi connectivity index (χ1n) is 6.98. The SMILES string of the molecule is NCCCC1CCCN1C(=O)Cc1cccc(O)c1. The molecular formula is C15H22N2O2. The van der Waals surface area contributed by atoms with Gasteiger partial charge in [-0.3, -0.25) is 4.79 Å². The number of hydrogen-bond acceptors (Lipinski definition) is 3. The van der Waals surface area contributed by atoms with Crippen LogP contribution in [-0.2, 0) is 11.2 Å². The van der Waals surface area contributed by atoms with Crippen LogP contribution in [0.25, 0.3) is 0 Å². The van der Waals surface area contributed by atoms with Gasteiger partial charge < -0.3 is 15.7 Å². The first-order valence-corrected chi connectivity index (χ1v) is 6.98. The normalized spacial score (nSPS) is 18.8. The van der Waals surface area contributed by atoms with Crippen molar-refractivity contribution in [3.05, 3.63) is 29.8 Å². The molecule has 0 radical (unpaired) electrons. The van der Waals surface area contributed by atoms with E-state index in [9.17, 15) is 9.90 Å². The molecule has 19 heavy (non-hydrogen) atoms. The van der Waals surface area contributed by atoms with Gasteiger partial charge in [0.05, 0.1) is 6.42 Å². The van der Waals surface area contributed by atoms with Crippen molar-refractivity contribution in [1.82, 2.24) is 4.90 Å². The predicted molar refractivity (Wildman–Crippen MR) is 74.8 cm³/mol. The minimum absolute atomic E-state index is 0.158. The molecule has 1 saturated heterocycles. The molecule has 0 saturated carbocycles. The molecule has 1 atom stereocenters. The standard InChI is InChI=1S/C15H22N2O2/c16-8-2-5-13-6-3-9-17(13)15(19)11-12-4-1-7-14(18)10-12/h1,4,7,10,13,18H,2-3,5-6,8-9,11,16H2. The molecule has 0 aromatic heterocycles. The van der Waals surface area contributed by atoms with Crippen LogP contribution in [0.1, 0.15) is 31.2 Å². The molecule has 2 rings (SSSR count). The molecule has 0 spiro atoms. The topological polar surface area (TPSA) is 66.6 Å². The fraction of sp³-hybridized carbons (Fsp3) is 0.533. The lowest BCUT2D eigenvalue weighted by molar-refractivity contribution is -0.131. The summed E-state index contributed by atoms with van der Waals surface area (Å²) in [6.07, 6.45) is 4.52. The second-order valence-corrected chi connectivity index (χ2v) is 5.16. The van der Waals surface area contributed by atoms with Gasteiger partial charge in [-0.25, -0.2) is 0 Å². The molecule has 1 unspecified atom stereocenters.